The first-order chi connectivity index (χ1) is 15.1. The fourth-order valence-electron chi connectivity index (χ4n) is 3.77. The van der Waals surface area contributed by atoms with Crippen LogP contribution in [-0.2, 0) is 27.9 Å². The van der Waals surface area contributed by atoms with Gasteiger partial charge in [0.25, 0.3) is 0 Å². The summed E-state index contributed by atoms with van der Waals surface area (Å²) in [6.45, 7) is 2.16. The first-order valence-corrected chi connectivity index (χ1v) is 12.6. The molecule has 32 heavy (non-hydrogen) atoms. The van der Waals surface area contributed by atoms with E-state index in [4.69, 9.17) is 32.7 Å². The van der Waals surface area contributed by atoms with Gasteiger partial charge in [-0.3, -0.25) is 4.79 Å². The van der Waals surface area contributed by atoms with E-state index in [1.807, 2.05) is 24.3 Å². The quantitative estimate of drug-likeness (QED) is 0.452. The number of methoxy groups -OCH3 is 2. The van der Waals surface area contributed by atoms with Gasteiger partial charge in [0.15, 0.2) is 10.1 Å². The van der Waals surface area contributed by atoms with E-state index >= 15 is 0 Å². The van der Waals surface area contributed by atoms with Crippen LogP contribution in [0, 0.1) is 11.8 Å². The molecule has 2 aromatic carbocycles. The lowest BCUT2D eigenvalue weighted by atomic mass is 9.75. The number of hydrogen-bond donors (Lipinski definition) is 0. The van der Waals surface area contributed by atoms with Crippen molar-refractivity contribution in [2.75, 3.05) is 20.0 Å². The summed E-state index contributed by atoms with van der Waals surface area (Å²) in [7, 11) is -0.538. The van der Waals surface area contributed by atoms with E-state index in [0.717, 1.165) is 11.1 Å². The first-order valence-electron chi connectivity index (χ1n) is 10.2. The van der Waals surface area contributed by atoms with Crippen molar-refractivity contribution in [1.29, 1.82) is 0 Å². The summed E-state index contributed by atoms with van der Waals surface area (Å²) in [5.74, 6) is 0.213. The third kappa shape index (κ3) is 5.57. The number of sulfonamides is 1. The molecule has 3 rings (SSSR count). The number of Topliss-reactive ketones (excluding diaryl/α,β-unsaturated/α-hetero) is 1. The number of benzene rings is 2. The Labute approximate surface area is 199 Å². The molecule has 0 N–H and O–H groups in total. The predicted molar refractivity (Wildman–Crippen MR) is 126 cm³/mol. The summed E-state index contributed by atoms with van der Waals surface area (Å²) in [5.41, 5.74) is 1.66. The van der Waals surface area contributed by atoms with Crippen molar-refractivity contribution in [3.05, 3.63) is 59.7 Å². The second kappa shape index (κ2) is 10.00. The molecule has 2 atom stereocenters. The number of hydrogen-bond acceptors (Lipinski definition) is 5. The second-order valence-corrected chi connectivity index (χ2v) is 11.5. The molecular formula is C23H27Cl2NO5S. The van der Waals surface area contributed by atoms with Crippen molar-refractivity contribution in [2.45, 2.75) is 30.8 Å². The van der Waals surface area contributed by atoms with Crippen LogP contribution >= 0.6 is 23.2 Å². The molecule has 0 amide bonds. The molecule has 0 aromatic heterocycles. The highest BCUT2D eigenvalue weighted by Crippen LogP contribution is 2.48. The highest BCUT2D eigenvalue weighted by Gasteiger charge is 2.55. The number of ether oxygens (including phenoxy) is 2. The standard InChI is InChI=1S/C23H27Cl2NO5S/c1-16(21-12-22(27)23(21,24)25)15-32(28,29)26(13-17-4-8-19(30-2)9-5-17)14-18-6-10-20(31-3)11-7-18/h4-11,16,21H,12-15H2,1-3H3/t16-,21?/m1/s1. The van der Waals surface area contributed by atoms with E-state index in [2.05, 4.69) is 0 Å². The van der Waals surface area contributed by atoms with Gasteiger partial charge in [0.2, 0.25) is 10.0 Å². The Morgan fingerprint density at radius 3 is 1.75 bits per heavy atom. The van der Waals surface area contributed by atoms with Crippen molar-refractivity contribution < 1.29 is 22.7 Å². The molecule has 0 radical (unpaired) electrons. The molecule has 1 unspecified atom stereocenters. The fourth-order valence-corrected chi connectivity index (χ4v) is 6.31. The number of ketones is 1. The normalized spacial score (nSPS) is 18.8. The summed E-state index contributed by atoms with van der Waals surface area (Å²) < 4.78 is 37.2. The number of halogens is 2. The van der Waals surface area contributed by atoms with Gasteiger partial charge in [-0.05, 0) is 41.3 Å². The monoisotopic (exact) mass is 499 g/mol. The summed E-state index contributed by atoms with van der Waals surface area (Å²) in [6, 6.07) is 14.5. The molecule has 0 saturated heterocycles. The minimum absolute atomic E-state index is 0.154. The Kier molecular flexibility index (Phi) is 7.76. The van der Waals surface area contributed by atoms with Gasteiger partial charge in [0, 0.05) is 25.4 Å². The van der Waals surface area contributed by atoms with E-state index in [9.17, 15) is 13.2 Å². The lowest BCUT2D eigenvalue weighted by Crippen LogP contribution is -2.52. The third-order valence-electron chi connectivity index (χ3n) is 5.83. The molecule has 1 aliphatic carbocycles. The van der Waals surface area contributed by atoms with Gasteiger partial charge in [-0.1, -0.05) is 54.4 Å². The van der Waals surface area contributed by atoms with Gasteiger partial charge in [0.05, 0.1) is 20.0 Å². The molecule has 9 heteroatoms. The van der Waals surface area contributed by atoms with Crippen molar-refractivity contribution in [3.63, 3.8) is 0 Å². The van der Waals surface area contributed by atoms with Crippen LogP contribution in [0.3, 0.4) is 0 Å². The van der Waals surface area contributed by atoms with E-state index in [1.165, 1.54) is 4.31 Å². The summed E-state index contributed by atoms with van der Waals surface area (Å²) in [4.78, 5) is 11.7. The molecule has 6 nitrogen and oxygen atoms in total. The van der Waals surface area contributed by atoms with Crippen molar-refractivity contribution in [3.8, 4) is 11.5 Å². The maximum absolute atomic E-state index is 13.4. The molecule has 0 aliphatic heterocycles. The molecule has 174 valence electrons. The lowest BCUT2D eigenvalue weighted by Gasteiger charge is -2.41. The van der Waals surface area contributed by atoms with Gasteiger partial charge >= 0.3 is 0 Å². The van der Waals surface area contributed by atoms with Crippen LogP contribution in [0.25, 0.3) is 0 Å². The van der Waals surface area contributed by atoms with Crippen LogP contribution in [0.1, 0.15) is 24.5 Å². The van der Waals surface area contributed by atoms with Crippen molar-refractivity contribution in [2.24, 2.45) is 11.8 Å². The maximum atomic E-state index is 13.4. The Morgan fingerprint density at radius 1 is 0.969 bits per heavy atom. The predicted octanol–water partition coefficient (Wildman–Crippen LogP) is 4.43. The van der Waals surface area contributed by atoms with E-state index in [1.54, 1.807) is 45.4 Å². The van der Waals surface area contributed by atoms with E-state index in [0.29, 0.717) is 11.5 Å². The maximum Gasteiger partial charge on any atom is 0.214 e. The average Bonchev–Trinajstić information content (AvgIpc) is 2.77. The molecule has 2 aromatic rings. The van der Waals surface area contributed by atoms with Gasteiger partial charge < -0.3 is 9.47 Å². The molecule has 0 bridgehead atoms. The molecular weight excluding hydrogens is 473 g/mol. The van der Waals surface area contributed by atoms with Crippen LogP contribution < -0.4 is 9.47 Å². The zero-order chi connectivity index (χ0) is 23.5. The van der Waals surface area contributed by atoms with Crippen LogP contribution in [0.4, 0.5) is 0 Å². The molecule has 1 fully saturated rings. The summed E-state index contributed by atoms with van der Waals surface area (Å²) >= 11 is 12.2. The Bertz CT molecular complexity index is 990. The number of rotatable bonds is 10. The van der Waals surface area contributed by atoms with Gasteiger partial charge in [-0.15, -0.1) is 0 Å². The van der Waals surface area contributed by atoms with Gasteiger partial charge in [-0.25, -0.2) is 8.42 Å². The molecule has 0 spiro atoms. The SMILES string of the molecule is COc1ccc(CN(Cc2ccc(OC)cc2)S(=O)(=O)C[C@@H](C)C2CC(=O)C2(Cl)Cl)cc1. The highest BCUT2D eigenvalue weighted by molar-refractivity contribution is 7.89. The number of carbonyl (C=O) groups is 1. The largest absolute Gasteiger partial charge is 0.497 e. The Hall–Kier alpha value is -1.80. The first kappa shape index (κ1) is 24.8. The van der Waals surface area contributed by atoms with Crippen LogP contribution in [-0.4, -0.2) is 42.8 Å². The van der Waals surface area contributed by atoms with Gasteiger partial charge in [0.1, 0.15) is 11.5 Å². The van der Waals surface area contributed by atoms with Crippen LogP contribution in [0.15, 0.2) is 48.5 Å². The zero-order valence-corrected chi connectivity index (χ0v) is 20.6. The highest BCUT2D eigenvalue weighted by atomic mass is 35.5. The third-order valence-corrected chi connectivity index (χ3v) is 8.81. The summed E-state index contributed by atoms with van der Waals surface area (Å²) in [5, 5.41) is 0. The topological polar surface area (TPSA) is 72.9 Å². The minimum Gasteiger partial charge on any atom is -0.497 e. The lowest BCUT2D eigenvalue weighted by molar-refractivity contribution is -0.129. The van der Waals surface area contributed by atoms with Crippen LogP contribution in [0.5, 0.6) is 11.5 Å². The van der Waals surface area contributed by atoms with Crippen LogP contribution in [0.2, 0.25) is 0 Å². The fraction of sp³-hybridized carbons (Fsp3) is 0.435. The minimum atomic E-state index is -3.70. The number of nitrogens with zero attached hydrogens (tertiary/aromatic N) is 1. The second-order valence-electron chi connectivity index (χ2n) is 8.08. The number of carbonyl (C=O) groups excluding carboxylic acids is 1. The molecule has 0 heterocycles. The van der Waals surface area contributed by atoms with Crippen molar-refractivity contribution >= 4 is 39.0 Å². The smallest absolute Gasteiger partial charge is 0.214 e. The zero-order valence-electron chi connectivity index (χ0n) is 18.3. The average molecular weight is 500 g/mol. The van der Waals surface area contributed by atoms with Gasteiger partial charge in [-0.2, -0.15) is 4.31 Å². The Balaban J connectivity index is 1.82. The van der Waals surface area contributed by atoms with E-state index in [-0.39, 0.29) is 37.0 Å². The summed E-state index contributed by atoms with van der Waals surface area (Å²) in [6.07, 6.45) is 0.195. The number of alkyl halides is 2. The van der Waals surface area contributed by atoms with E-state index < -0.39 is 20.3 Å². The Morgan fingerprint density at radius 2 is 1.41 bits per heavy atom. The molecule has 1 saturated carbocycles. The molecule has 1 aliphatic rings. The van der Waals surface area contributed by atoms with Crippen molar-refractivity contribution in [1.82, 2.24) is 4.31 Å².